The van der Waals surface area contributed by atoms with Crippen molar-refractivity contribution in [3.05, 3.63) is 94.6 Å². The van der Waals surface area contributed by atoms with Gasteiger partial charge in [-0.25, -0.2) is 8.78 Å². The monoisotopic (exact) mass is 535 g/mol. The second-order valence-electron chi connectivity index (χ2n) is 11.0. The zero-order valence-electron chi connectivity index (χ0n) is 23.2. The number of halogens is 2. The van der Waals surface area contributed by atoms with Gasteiger partial charge in [0.2, 0.25) is 0 Å². The Morgan fingerprint density at radius 1 is 0.897 bits per heavy atom. The van der Waals surface area contributed by atoms with Crippen LogP contribution in [0, 0.1) is 17.6 Å². The van der Waals surface area contributed by atoms with Crippen LogP contribution >= 0.6 is 0 Å². The Balaban J connectivity index is 1.21. The number of methoxy groups -OCH3 is 2. The second kappa shape index (κ2) is 12.1. The minimum Gasteiger partial charge on any atom is -0.493 e. The Hall–Kier alpha value is -2.96. The summed E-state index contributed by atoms with van der Waals surface area (Å²) in [5.41, 5.74) is 4.31. The highest BCUT2D eigenvalue weighted by atomic mass is 19.1. The van der Waals surface area contributed by atoms with Crippen molar-refractivity contribution in [2.45, 2.75) is 50.5 Å². The average Bonchev–Trinajstić information content (AvgIpc) is 2.96. The summed E-state index contributed by atoms with van der Waals surface area (Å²) in [4.78, 5) is 2.55. The Bertz CT molecular complexity index is 1190. The minimum atomic E-state index is -0.338. The molecule has 208 valence electrons. The molecule has 1 fully saturated rings. The maximum atomic E-state index is 13.6. The van der Waals surface area contributed by atoms with Crippen molar-refractivity contribution in [3.8, 4) is 11.5 Å². The highest BCUT2D eigenvalue weighted by Crippen LogP contribution is 2.46. The minimum absolute atomic E-state index is 0.113. The normalized spacial score (nSPS) is 20.2. The molecule has 0 N–H and O–H groups in total. The lowest BCUT2D eigenvalue weighted by molar-refractivity contribution is -0.103. The van der Waals surface area contributed by atoms with Crippen molar-refractivity contribution >= 4 is 0 Å². The van der Waals surface area contributed by atoms with E-state index in [0.29, 0.717) is 12.5 Å². The van der Waals surface area contributed by atoms with E-state index in [4.69, 9.17) is 14.2 Å². The molecule has 0 saturated carbocycles. The Morgan fingerprint density at radius 3 is 2.03 bits per heavy atom. The maximum Gasteiger partial charge on any atom is 0.161 e. The summed E-state index contributed by atoms with van der Waals surface area (Å²) < 4.78 is 44.8. The van der Waals surface area contributed by atoms with Gasteiger partial charge < -0.3 is 19.1 Å². The number of hydrogen-bond donors (Lipinski definition) is 0. The van der Waals surface area contributed by atoms with Crippen LogP contribution in [0.5, 0.6) is 11.5 Å². The molecule has 5 rings (SSSR count). The van der Waals surface area contributed by atoms with E-state index in [1.807, 2.05) is 24.3 Å². The molecule has 0 spiro atoms. The third kappa shape index (κ3) is 5.97. The average molecular weight is 536 g/mol. The summed E-state index contributed by atoms with van der Waals surface area (Å²) in [7, 11) is 3.36. The lowest BCUT2D eigenvalue weighted by atomic mass is 9.74. The Labute approximate surface area is 230 Å². The molecule has 0 aliphatic carbocycles. The number of benzene rings is 3. The first kappa shape index (κ1) is 27.6. The molecule has 3 aromatic rings. The summed E-state index contributed by atoms with van der Waals surface area (Å²) in [6, 6.07) is 17.7. The molecule has 0 bridgehead atoms. The molecule has 6 heteroatoms. The van der Waals surface area contributed by atoms with Crippen molar-refractivity contribution in [3.63, 3.8) is 0 Å². The fraction of sp³-hybridized carbons (Fsp3) is 0.455. The van der Waals surface area contributed by atoms with Gasteiger partial charge in [0.25, 0.3) is 0 Å². The van der Waals surface area contributed by atoms with Gasteiger partial charge in [-0.1, -0.05) is 24.3 Å². The third-order valence-corrected chi connectivity index (χ3v) is 8.80. The molecular weight excluding hydrogens is 496 g/mol. The molecule has 2 aliphatic rings. The molecule has 2 aliphatic heterocycles. The maximum absolute atomic E-state index is 13.6. The largest absolute Gasteiger partial charge is 0.493 e. The predicted molar refractivity (Wildman–Crippen MR) is 150 cm³/mol. The summed E-state index contributed by atoms with van der Waals surface area (Å²) in [6.07, 6.45) is 4.96. The first-order valence-electron chi connectivity index (χ1n) is 14.0. The van der Waals surface area contributed by atoms with Crippen LogP contribution < -0.4 is 9.47 Å². The number of rotatable bonds is 9. The fourth-order valence-corrected chi connectivity index (χ4v) is 6.52. The molecule has 3 aromatic carbocycles. The molecule has 0 radical (unpaired) electrons. The quantitative estimate of drug-likeness (QED) is 0.293. The molecule has 1 atom stereocenters. The summed E-state index contributed by atoms with van der Waals surface area (Å²) >= 11 is 0. The van der Waals surface area contributed by atoms with Crippen LogP contribution in [0.15, 0.2) is 60.7 Å². The van der Waals surface area contributed by atoms with E-state index in [1.54, 1.807) is 14.2 Å². The molecule has 1 saturated heterocycles. The highest BCUT2D eigenvalue weighted by Gasteiger charge is 2.42. The number of hydrogen-bond acceptors (Lipinski definition) is 4. The molecular formula is C33H39F2NO3. The van der Waals surface area contributed by atoms with Crippen LogP contribution in [0.25, 0.3) is 0 Å². The first-order chi connectivity index (χ1) is 18.9. The predicted octanol–water partition coefficient (Wildman–Crippen LogP) is 7.09. The summed E-state index contributed by atoms with van der Waals surface area (Å²) in [6.45, 7) is 6.03. The standard InChI is InChI=1S/C33H39F2NO3/c1-33(30-22-32(38-3)31(37-2)21-25(30)16-20-39-33)26-14-18-36(19-15-26)17-4-5-29(23-6-10-27(34)11-7-23)24-8-12-28(35)13-9-24/h6-13,21-22,26,29H,4-5,14-20H2,1-3H3. The zero-order chi connectivity index (χ0) is 27.4. The van der Waals surface area contributed by atoms with Crippen molar-refractivity contribution in [2.75, 3.05) is 40.5 Å². The van der Waals surface area contributed by atoms with Crippen LogP contribution in [0.4, 0.5) is 8.78 Å². The smallest absolute Gasteiger partial charge is 0.161 e. The van der Waals surface area contributed by atoms with Gasteiger partial charge in [-0.3, -0.25) is 0 Å². The van der Waals surface area contributed by atoms with Crippen molar-refractivity contribution in [2.24, 2.45) is 5.92 Å². The molecule has 39 heavy (non-hydrogen) atoms. The van der Waals surface area contributed by atoms with Gasteiger partial charge in [-0.05, 0) is 123 Å². The van der Waals surface area contributed by atoms with E-state index in [9.17, 15) is 8.78 Å². The second-order valence-corrected chi connectivity index (χ2v) is 11.0. The van der Waals surface area contributed by atoms with E-state index in [1.165, 1.54) is 35.4 Å². The van der Waals surface area contributed by atoms with E-state index in [2.05, 4.69) is 24.0 Å². The highest BCUT2D eigenvalue weighted by molar-refractivity contribution is 5.50. The van der Waals surface area contributed by atoms with Crippen LogP contribution in [0.1, 0.15) is 60.8 Å². The molecule has 4 nitrogen and oxygen atoms in total. The van der Waals surface area contributed by atoms with E-state index in [0.717, 1.165) is 74.4 Å². The third-order valence-electron chi connectivity index (χ3n) is 8.80. The van der Waals surface area contributed by atoms with Gasteiger partial charge in [0, 0.05) is 5.92 Å². The van der Waals surface area contributed by atoms with Crippen LogP contribution in [0.2, 0.25) is 0 Å². The molecule has 0 amide bonds. The molecule has 2 heterocycles. The topological polar surface area (TPSA) is 30.9 Å². The van der Waals surface area contributed by atoms with E-state index >= 15 is 0 Å². The Kier molecular flexibility index (Phi) is 8.53. The van der Waals surface area contributed by atoms with Crippen molar-refractivity contribution in [1.29, 1.82) is 0 Å². The fourth-order valence-electron chi connectivity index (χ4n) is 6.52. The number of likely N-dealkylation sites (tertiary alicyclic amines) is 1. The van der Waals surface area contributed by atoms with Crippen LogP contribution in [-0.2, 0) is 16.8 Å². The molecule has 1 unspecified atom stereocenters. The van der Waals surface area contributed by atoms with Gasteiger partial charge in [-0.2, -0.15) is 0 Å². The van der Waals surface area contributed by atoms with Gasteiger partial charge in [0.15, 0.2) is 11.5 Å². The summed E-state index contributed by atoms with van der Waals surface area (Å²) in [5, 5.41) is 0. The van der Waals surface area contributed by atoms with Crippen molar-refractivity contribution < 1.29 is 23.0 Å². The molecule has 0 aromatic heterocycles. The van der Waals surface area contributed by atoms with Gasteiger partial charge in [0.05, 0.1) is 26.4 Å². The summed E-state index contributed by atoms with van der Waals surface area (Å²) in [5.74, 6) is 1.58. The van der Waals surface area contributed by atoms with Gasteiger partial charge in [0.1, 0.15) is 11.6 Å². The Morgan fingerprint density at radius 2 is 1.46 bits per heavy atom. The number of fused-ring (bicyclic) bond motifs is 1. The lowest BCUT2D eigenvalue weighted by Gasteiger charge is -2.46. The van der Waals surface area contributed by atoms with Crippen LogP contribution in [0.3, 0.4) is 0 Å². The van der Waals surface area contributed by atoms with Crippen molar-refractivity contribution in [1.82, 2.24) is 4.90 Å². The number of piperidine rings is 1. The SMILES string of the molecule is COc1cc2c(cc1OC)C(C)(C1CCN(CCCC(c3ccc(F)cc3)c3ccc(F)cc3)CC1)OCC2. The lowest BCUT2D eigenvalue weighted by Crippen LogP contribution is -2.45. The van der Waals surface area contributed by atoms with Gasteiger partial charge >= 0.3 is 0 Å². The number of ether oxygens (including phenoxy) is 3. The van der Waals surface area contributed by atoms with E-state index in [-0.39, 0.29) is 23.2 Å². The van der Waals surface area contributed by atoms with Gasteiger partial charge in [-0.15, -0.1) is 0 Å². The van der Waals surface area contributed by atoms with Crippen LogP contribution in [-0.4, -0.2) is 45.4 Å². The first-order valence-corrected chi connectivity index (χ1v) is 14.0. The number of nitrogens with zero attached hydrogens (tertiary/aromatic N) is 1. The zero-order valence-corrected chi connectivity index (χ0v) is 23.2. The van der Waals surface area contributed by atoms with E-state index < -0.39 is 0 Å².